The number of fused-ring (bicyclic) bond motifs is 1. The zero-order valence-corrected chi connectivity index (χ0v) is 16.5. The summed E-state index contributed by atoms with van der Waals surface area (Å²) >= 11 is 1.33. The molecular weight excluding hydrogens is 368 g/mol. The molecule has 0 aliphatic carbocycles. The van der Waals surface area contributed by atoms with Crippen LogP contribution in [0, 0.1) is 13.8 Å². The van der Waals surface area contributed by atoms with Gasteiger partial charge in [-0.2, -0.15) is 0 Å². The second-order valence-corrected chi connectivity index (χ2v) is 7.78. The van der Waals surface area contributed by atoms with Crippen molar-refractivity contribution >= 4 is 33.4 Å². The number of amides is 1. The molecule has 28 heavy (non-hydrogen) atoms. The molecule has 3 N–H and O–H groups in total. The van der Waals surface area contributed by atoms with E-state index in [-0.39, 0.29) is 11.9 Å². The first-order chi connectivity index (χ1) is 13.5. The van der Waals surface area contributed by atoms with Crippen LogP contribution in [0.3, 0.4) is 0 Å². The van der Waals surface area contributed by atoms with Crippen LogP contribution in [0.2, 0.25) is 0 Å². The number of carbonyl (C=O) groups excluding carboxylic acids is 1. The molecule has 0 spiro atoms. The molecule has 0 fully saturated rings. The molecule has 0 unspecified atom stereocenters. The molecule has 5 nitrogen and oxygen atoms in total. The SMILES string of the molecule is Cc1ccc(-c2nc(N)nc3sc(C(=O)NCc4ccccc4)cc23)c(C)c1. The van der Waals surface area contributed by atoms with E-state index in [1.54, 1.807) is 0 Å². The number of aryl methyl sites for hydroxylation is 2. The maximum absolute atomic E-state index is 12.7. The van der Waals surface area contributed by atoms with Crippen molar-refractivity contribution < 1.29 is 4.79 Å². The number of benzene rings is 2. The summed E-state index contributed by atoms with van der Waals surface area (Å²) in [6, 6.07) is 17.9. The van der Waals surface area contributed by atoms with Crippen LogP contribution in [0.1, 0.15) is 26.4 Å². The fourth-order valence-corrected chi connectivity index (χ4v) is 4.15. The highest BCUT2D eigenvalue weighted by Gasteiger charge is 2.17. The normalized spacial score (nSPS) is 10.9. The molecule has 0 saturated heterocycles. The van der Waals surface area contributed by atoms with Gasteiger partial charge in [0.2, 0.25) is 5.95 Å². The van der Waals surface area contributed by atoms with Crippen molar-refractivity contribution in [2.45, 2.75) is 20.4 Å². The number of rotatable bonds is 4. The zero-order valence-electron chi connectivity index (χ0n) is 15.7. The predicted octanol–water partition coefficient (Wildman–Crippen LogP) is 4.49. The molecule has 0 aliphatic rings. The third-order valence-corrected chi connectivity index (χ3v) is 5.59. The molecule has 0 bridgehead atoms. The lowest BCUT2D eigenvalue weighted by Gasteiger charge is -2.08. The van der Waals surface area contributed by atoms with Crippen LogP contribution in [0.4, 0.5) is 5.95 Å². The molecule has 0 radical (unpaired) electrons. The number of aromatic nitrogens is 2. The number of hydrogen-bond donors (Lipinski definition) is 2. The minimum atomic E-state index is -0.128. The summed E-state index contributed by atoms with van der Waals surface area (Å²) in [6.07, 6.45) is 0. The number of nitrogens with one attached hydrogen (secondary N) is 1. The minimum Gasteiger partial charge on any atom is -0.368 e. The summed E-state index contributed by atoms with van der Waals surface area (Å²) in [6.45, 7) is 4.58. The second-order valence-electron chi connectivity index (χ2n) is 6.75. The van der Waals surface area contributed by atoms with E-state index < -0.39 is 0 Å². The van der Waals surface area contributed by atoms with Gasteiger partial charge in [-0.05, 0) is 31.0 Å². The van der Waals surface area contributed by atoms with Crippen LogP contribution in [-0.4, -0.2) is 15.9 Å². The van der Waals surface area contributed by atoms with Gasteiger partial charge in [0, 0.05) is 17.5 Å². The van der Waals surface area contributed by atoms with E-state index in [9.17, 15) is 4.79 Å². The van der Waals surface area contributed by atoms with Gasteiger partial charge in [0.25, 0.3) is 5.91 Å². The van der Waals surface area contributed by atoms with Gasteiger partial charge in [0.15, 0.2) is 0 Å². The van der Waals surface area contributed by atoms with Gasteiger partial charge >= 0.3 is 0 Å². The summed E-state index contributed by atoms with van der Waals surface area (Å²) in [5, 5.41) is 3.80. The lowest BCUT2D eigenvalue weighted by molar-refractivity contribution is 0.0955. The fourth-order valence-electron chi connectivity index (χ4n) is 3.20. The van der Waals surface area contributed by atoms with Crippen molar-refractivity contribution in [1.29, 1.82) is 0 Å². The van der Waals surface area contributed by atoms with E-state index in [4.69, 9.17) is 5.73 Å². The summed E-state index contributed by atoms with van der Waals surface area (Å²) < 4.78 is 0. The molecule has 4 aromatic rings. The quantitative estimate of drug-likeness (QED) is 0.540. The molecule has 2 aromatic carbocycles. The summed E-state index contributed by atoms with van der Waals surface area (Å²) in [7, 11) is 0. The van der Waals surface area contributed by atoms with Gasteiger partial charge in [0.1, 0.15) is 4.83 Å². The Labute approximate surface area is 167 Å². The standard InChI is InChI=1S/C22H20N4OS/c1-13-8-9-16(14(2)10-13)19-17-11-18(28-21(17)26-22(23)25-19)20(27)24-12-15-6-4-3-5-7-15/h3-11H,12H2,1-2H3,(H,24,27)(H2,23,25,26). The Morgan fingerprint density at radius 1 is 1.07 bits per heavy atom. The van der Waals surface area contributed by atoms with E-state index in [1.165, 1.54) is 16.9 Å². The van der Waals surface area contributed by atoms with Crippen LogP contribution >= 0.6 is 11.3 Å². The maximum atomic E-state index is 12.7. The highest BCUT2D eigenvalue weighted by Crippen LogP contribution is 2.34. The fraction of sp³-hybridized carbons (Fsp3) is 0.136. The van der Waals surface area contributed by atoms with Crippen molar-refractivity contribution in [2.75, 3.05) is 5.73 Å². The molecule has 6 heteroatoms. The molecule has 1 amide bonds. The molecule has 4 rings (SSSR count). The van der Waals surface area contributed by atoms with E-state index in [1.807, 2.05) is 55.5 Å². The van der Waals surface area contributed by atoms with Gasteiger partial charge in [0.05, 0.1) is 10.6 Å². The summed E-state index contributed by atoms with van der Waals surface area (Å²) in [5.74, 6) is 0.0811. The van der Waals surface area contributed by atoms with Crippen LogP contribution in [0.15, 0.2) is 54.6 Å². The summed E-state index contributed by atoms with van der Waals surface area (Å²) in [4.78, 5) is 22.8. The Bertz CT molecular complexity index is 1170. The van der Waals surface area contributed by atoms with Crippen LogP contribution in [0.25, 0.3) is 21.5 Å². The van der Waals surface area contributed by atoms with Crippen molar-refractivity contribution in [3.63, 3.8) is 0 Å². The first-order valence-electron chi connectivity index (χ1n) is 8.98. The lowest BCUT2D eigenvalue weighted by Crippen LogP contribution is -2.21. The van der Waals surface area contributed by atoms with Crippen LogP contribution < -0.4 is 11.1 Å². The third kappa shape index (κ3) is 3.59. The van der Waals surface area contributed by atoms with Gasteiger partial charge < -0.3 is 11.1 Å². The number of anilines is 1. The van der Waals surface area contributed by atoms with Gasteiger partial charge in [-0.25, -0.2) is 9.97 Å². The third-order valence-electron chi connectivity index (χ3n) is 4.57. The van der Waals surface area contributed by atoms with E-state index in [0.717, 1.165) is 27.8 Å². The molecule has 0 atom stereocenters. The monoisotopic (exact) mass is 388 g/mol. The minimum absolute atomic E-state index is 0.128. The highest BCUT2D eigenvalue weighted by molar-refractivity contribution is 7.20. The Morgan fingerprint density at radius 3 is 2.61 bits per heavy atom. The van der Waals surface area contributed by atoms with Gasteiger partial charge in [-0.15, -0.1) is 11.3 Å². The number of thiophene rings is 1. The Morgan fingerprint density at radius 2 is 1.86 bits per heavy atom. The number of carbonyl (C=O) groups is 1. The predicted molar refractivity (Wildman–Crippen MR) is 114 cm³/mol. The van der Waals surface area contributed by atoms with E-state index >= 15 is 0 Å². The van der Waals surface area contributed by atoms with E-state index in [0.29, 0.717) is 16.3 Å². The largest absolute Gasteiger partial charge is 0.368 e. The molecule has 0 aliphatic heterocycles. The second kappa shape index (κ2) is 7.40. The average Bonchev–Trinajstić information content (AvgIpc) is 3.10. The van der Waals surface area contributed by atoms with Gasteiger partial charge in [-0.3, -0.25) is 4.79 Å². The van der Waals surface area contributed by atoms with Crippen molar-refractivity contribution in [3.8, 4) is 11.3 Å². The Balaban J connectivity index is 1.69. The Hall–Kier alpha value is -3.25. The van der Waals surface area contributed by atoms with E-state index in [2.05, 4.69) is 28.3 Å². The molecule has 2 heterocycles. The molecular formula is C22H20N4OS. The Kier molecular flexibility index (Phi) is 4.79. The molecule has 2 aromatic heterocycles. The first-order valence-corrected chi connectivity index (χ1v) is 9.80. The average molecular weight is 388 g/mol. The highest BCUT2D eigenvalue weighted by atomic mass is 32.1. The number of nitrogens with zero attached hydrogens (tertiary/aromatic N) is 2. The lowest BCUT2D eigenvalue weighted by atomic mass is 10.0. The zero-order chi connectivity index (χ0) is 19.7. The first kappa shape index (κ1) is 18.1. The van der Waals surface area contributed by atoms with Crippen LogP contribution in [-0.2, 0) is 6.54 Å². The van der Waals surface area contributed by atoms with Crippen LogP contribution in [0.5, 0.6) is 0 Å². The number of nitrogen functional groups attached to an aromatic ring is 1. The number of hydrogen-bond acceptors (Lipinski definition) is 5. The summed E-state index contributed by atoms with van der Waals surface area (Å²) in [5.41, 5.74) is 11.1. The van der Waals surface area contributed by atoms with Crippen molar-refractivity contribution in [1.82, 2.24) is 15.3 Å². The van der Waals surface area contributed by atoms with Crippen molar-refractivity contribution in [2.24, 2.45) is 0 Å². The topological polar surface area (TPSA) is 80.9 Å². The molecule has 0 saturated carbocycles. The van der Waals surface area contributed by atoms with Gasteiger partial charge in [-0.1, -0.05) is 54.1 Å². The maximum Gasteiger partial charge on any atom is 0.261 e. The smallest absolute Gasteiger partial charge is 0.261 e. The van der Waals surface area contributed by atoms with Crippen molar-refractivity contribution in [3.05, 3.63) is 76.2 Å². The number of nitrogens with two attached hydrogens (primary N) is 1. The molecule has 140 valence electrons.